The fourth-order valence-corrected chi connectivity index (χ4v) is 9.72. The average Bonchev–Trinajstić information content (AvgIpc) is 2.83. The zero-order chi connectivity index (χ0) is 17.6. The molecule has 0 radical (unpaired) electrons. The summed E-state index contributed by atoms with van der Waals surface area (Å²) in [5.41, 5.74) is 1.43. The maximum absolute atomic E-state index is 12.5. The molecule has 3 atom stereocenters. The van der Waals surface area contributed by atoms with Crippen molar-refractivity contribution in [3.63, 3.8) is 0 Å². The predicted molar refractivity (Wildman–Crippen MR) is 90.7 cm³/mol. The number of ether oxygens (including phenoxy) is 3. The minimum atomic E-state index is -2.00. The fourth-order valence-electron chi connectivity index (χ4n) is 4.28. The first kappa shape index (κ1) is 19.1. The van der Waals surface area contributed by atoms with E-state index >= 15 is 0 Å². The number of hydrogen-bond acceptors (Lipinski definition) is 5. The summed E-state index contributed by atoms with van der Waals surface area (Å²) in [7, 11) is -2.00. The van der Waals surface area contributed by atoms with Gasteiger partial charge in [-0.3, -0.25) is 4.79 Å². The average molecular weight is 345 g/mol. The number of ketones is 1. The van der Waals surface area contributed by atoms with Gasteiger partial charge in [0.05, 0.1) is 6.61 Å². The molecular weight excluding hydrogens is 312 g/mol. The summed E-state index contributed by atoms with van der Waals surface area (Å²) in [6.07, 6.45) is -1.80. The molecule has 2 rings (SSSR count). The zero-order valence-electron chi connectivity index (χ0n) is 15.7. The molecular formula is C17H32O5Si. The summed E-state index contributed by atoms with van der Waals surface area (Å²) in [5, 5.41) is 0. The van der Waals surface area contributed by atoms with E-state index in [-0.39, 0.29) is 5.78 Å². The molecule has 0 aliphatic carbocycles. The van der Waals surface area contributed by atoms with E-state index in [0.29, 0.717) is 23.2 Å². The van der Waals surface area contributed by atoms with Crippen molar-refractivity contribution in [3.05, 3.63) is 0 Å². The third-order valence-electron chi connectivity index (χ3n) is 5.15. The number of rotatable bonds is 6. The minimum Gasteiger partial charge on any atom is -0.413 e. The summed E-state index contributed by atoms with van der Waals surface area (Å²) >= 11 is 0. The highest BCUT2D eigenvalue weighted by Gasteiger charge is 2.55. The number of Topliss-reactive ketones (excluding diaryl/α,β-unsaturated/α-hetero) is 1. The zero-order valence-corrected chi connectivity index (χ0v) is 16.7. The van der Waals surface area contributed by atoms with Crippen molar-refractivity contribution in [1.82, 2.24) is 0 Å². The molecule has 2 heterocycles. The van der Waals surface area contributed by atoms with Gasteiger partial charge in [-0.25, -0.2) is 0 Å². The monoisotopic (exact) mass is 344 g/mol. The number of carbonyl (C=O) groups is 1. The summed E-state index contributed by atoms with van der Waals surface area (Å²) in [4.78, 5) is 12.5. The van der Waals surface area contributed by atoms with Crippen LogP contribution in [0, 0.1) is 0 Å². The Morgan fingerprint density at radius 2 is 1.57 bits per heavy atom. The predicted octanol–water partition coefficient (Wildman–Crippen LogP) is 3.62. The van der Waals surface area contributed by atoms with E-state index in [0.717, 1.165) is 0 Å². The second kappa shape index (κ2) is 6.56. The smallest absolute Gasteiger partial charge is 0.200 e. The van der Waals surface area contributed by atoms with Crippen LogP contribution in [0.4, 0.5) is 0 Å². The molecule has 2 aliphatic heterocycles. The molecule has 0 N–H and O–H groups in total. The van der Waals surface area contributed by atoms with Crippen molar-refractivity contribution in [2.45, 2.75) is 96.3 Å². The maximum atomic E-state index is 12.5. The summed E-state index contributed by atoms with van der Waals surface area (Å²) in [5.74, 6) is -0.817. The van der Waals surface area contributed by atoms with Crippen LogP contribution in [0.5, 0.6) is 0 Å². The summed E-state index contributed by atoms with van der Waals surface area (Å²) in [6.45, 7) is 17.3. The molecule has 0 aromatic carbocycles. The molecule has 5 nitrogen and oxygen atoms in total. The van der Waals surface area contributed by atoms with Gasteiger partial charge in [0.2, 0.25) is 0 Å². The molecule has 2 aliphatic rings. The van der Waals surface area contributed by atoms with E-state index < -0.39 is 32.6 Å². The van der Waals surface area contributed by atoms with Crippen LogP contribution in [-0.4, -0.2) is 45.0 Å². The van der Waals surface area contributed by atoms with Crippen LogP contribution in [0.1, 0.15) is 55.4 Å². The van der Waals surface area contributed by atoms with Gasteiger partial charge in [-0.15, -0.1) is 0 Å². The Morgan fingerprint density at radius 1 is 1.04 bits per heavy atom. The third-order valence-corrected chi connectivity index (χ3v) is 11.2. The quantitative estimate of drug-likeness (QED) is 0.689. The van der Waals surface area contributed by atoms with Gasteiger partial charge in [0, 0.05) is 0 Å². The highest BCUT2D eigenvalue weighted by Crippen LogP contribution is 2.43. The number of carbonyl (C=O) groups excluding carboxylic acids is 1. The first-order valence-electron chi connectivity index (χ1n) is 8.70. The molecule has 0 amide bonds. The molecule has 0 unspecified atom stereocenters. The second-order valence-electron chi connectivity index (χ2n) is 8.08. The van der Waals surface area contributed by atoms with E-state index in [9.17, 15) is 4.79 Å². The Morgan fingerprint density at radius 3 is 2.00 bits per heavy atom. The van der Waals surface area contributed by atoms with Crippen LogP contribution in [0.3, 0.4) is 0 Å². The highest BCUT2D eigenvalue weighted by molar-refractivity contribution is 6.77. The minimum absolute atomic E-state index is 0.0558. The van der Waals surface area contributed by atoms with Crippen LogP contribution >= 0.6 is 0 Å². The summed E-state index contributed by atoms with van der Waals surface area (Å²) in [6, 6.07) is 0. The molecule has 2 saturated heterocycles. The van der Waals surface area contributed by atoms with Crippen molar-refractivity contribution in [3.8, 4) is 0 Å². The van der Waals surface area contributed by atoms with Crippen LogP contribution in [0.25, 0.3) is 0 Å². The lowest BCUT2D eigenvalue weighted by atomic mass is 10.2. The molecule has 0 saturated carbocycles. The van der Waals surface area contributed by atoms with Crippen molar-refractivity contribution in [2.75, 3.05) is 6.61 Å². The SMILES string of the molecule is CC(C)[Si](OC[C@H]1O[C@@H]2OC(C)(C)O[C@@H]2C1=O)(C(C)C)C(C)C. The molecule has 0 aromatic rings. The lowest BCUT2D eigenvalue weighted by Crippen LogP contribution is -2.49. The second-order valence-corrected chi connectivity index (χ2v) is 13.5. The van der Waals surface area contributed by atoms with Gasteiger partial charge in [0.1, 0.15) is 6.10 Å². The van der Waals surface area contributed by atoms with Gasteiger partial charge in [-0.1, -0.05) is 41.5 Å². The highest BCUT2D eigenvalue weighted by atomic mass is 28.4. The van der Waals surface area contributed by atoms with Crippen molar-refractivity contribution >= 4 is 14.1 Å². The number of fused-ring (bicyclic) bond motifs is 1. The normalized spacial score (nSPS) is 30.7. The van der Waals surface area contributed by atoms with Gasteiger partial charge in [0.15, 0.2) is 32.3 Å². The fraction of sp³-hybridized carbons (Fsp3) is 0.941. The summed E-state index contributed by atoms with van der Waals surface area (Å²) < 4.78 is 23.5. The first-order valence-corrected chi connectivity index (χ1v) is 10.8. The van der Waals surface area contributed by atoms with Gasteiger partial charge in [-0.2, -0.15) is 0 Å². The van der Waals surface area contributed by atoms with Gasteiger partial charge in [-0.05, 0) is 30.5 Å². The standard InChI is InChI=1S/C17H32O5Si/c1-10(2)23(11(3)4,12(5)6)19-9-13-14(18)15-16(20-13)22-17(7,8)21-15/h10-13,15-16H,9H2,1-8H3/t13-,15-,16-/m1/s1. The molecule has 2 fully saturated rings. The van der Waals surface area contributed by atoms with E-state index in [4.69, 9.17) is 18.6 Å². The van der Waals surface area contributed by atoms with Crippen LogP contribution in [0.15, 0.2) is 0 Å². The van der Waals surface area contributed by atoms with E-state index in [2.05, 4.69) is 41.5 Å². The first-order chi connectivity index (χ1) is 10.5. The van der Waals surface area contributed by atoms with E-state index in [1.54, 1.807) is 13.8 Å². The molecule has 6 heteroatoms. The van der Waals surface area contributed by atoms with Gasteiger partial charge in [0.25, 0.3) is 0 Å². The number of hydrogen-bond donors (Lipinski definition) is 0. The van der Waals surface area contributed by atoms with Crippen LogP contribution < -0.4 is 0 Å². The Labute approximate surface area is 141 Å². The maximum Gasteiger partial charge on any atom is 0.200 e. The molecule has 134 valence electrons. The van der Waals surface area contributed by atoms with Crippen molar-refractivity contribution in [2.24, 2.45) is 0 Å². The lowest BCUT2D eigenvalue weighted by Gasteiger charge is -2.42. The lowest BCUT2D eigenvalue weighted by molar-refractivity contribution is -0.207. The molecule has 0 bridgehead atoms. The van der Waals surface area contributed by atoms with Crippen molar-refractivity contribution < 1.29 is 23.4 Å². The van der Waals surface area contributed by atoms with E-state index in [1.807, 2.05) is 0 Å². The van der Waals surface area contributed by atoms with Crippen LogP contribution in [0.2, 0.25) is 16.6 Å². The Bertz CT molecular complexity index is 424. The third kappa shape index (κ3) is 3.42. The van der Waals surface area contributed by atoms with Crippen molar-refractivity contribution in [1.29, 1.82) is 0 Å². The molecule has 23 heavy (non-hydrogen) atoms. The van der Waals surface area contributed by atoms with Crippen LogP contribution in [-0.2, 0) is 23.4 Å². The van der Waals surface area contributed by atoms with Gasteiger partial charge >= 0.3 is 0 Å². The largest absolute Gasteiger partial charge is 0.413 e. The Kier molecular flexibility index (Phi) is 5.43. The van der Waals surface area contributed by atoms with Gasteiger partial charge < -0.3 is 18.6 Å². The molecule has 0 aromatic heterocycles. The van der Waals surface area contributed by atoms with E-state index in [1.165, 1.54) is 0 Å². The Balaban J connectivity index is 2.05. The molecule has 0 spiro atoms. The topological polar surface area (TPSA) is 54.0 Å². The Hall–Kier alpha value is -0.273.